The summed E-state index contributed by atoms with van der Waals surface area (Å²) in [6.45, 7) is 2.43. The molecule has 1 fully saturated rings. The number of hydrazine groups is 1. The van der Waals surface area contributed by atoms with E-state index in [4.69, 9.17) is 0 Å². The number of carbonyl (C=O) groups excluding carboxylic acids is 1. The molecule has 5 rings (SSSR count). The molecule has 0 aliphatic carbocycles. The lowest BCUT2D eigenvalue weighted by atomic mass is 9.98. The van der Waals surface area contributed by atoms with Crippen molar-refractivity contribution in [1.82, 2.24) is 31.1 Å². The van der Waals surface area contributed by atoms with Crippen LogP contribution in [0, 0.1) is 0 Å². The van der Waals surface area contributed by atoms with Crippen LogP contribution in [-0.4, -0.2) is 55.1 Å². The number of benzene rings is 3. The molecule has 1 aliphatic rings. The molecule has 0 bridgehead atoms. The van der Waals surface area contributed by atoms with E-state index in [1.54, 1.807) is 5.01 Å². The second kappa shape index (κ2) is 10.8. The molecule has 0 radical (unpaired) electrons. The second-order valence-electron chi connectivity index (χ2n) is 8.38. The van der Waals surface area contributed by atoms with Crippen LogP contribution in [0.2, 0.25) is 0 Å². The summed E-state index contributed by atoms with van der Waals surface area (Å²) in [5, 5.41) is 16.5. The van der Waals surface area contributed by atoms with Crippen molar-refractivity contribution in [2.75, 3.05) is 0 Å². The summed E-state index contributed by atoms with van der Waals surface area (Å²) in [7, 11) is -4.57. The van der Waals surface area contributed by atoms with Crippen LogP contribution in [0.25, 0.3) is 22.5 Å². The molecule has 3 aromatic carbocycles. The van der Waals surface area contributed by atoms with Crippen molar-refractivity contribution in [3.63, 3.8) is 0 Å². The number of aromatic amines is 1. The van der Waals surface area contributed by atoms with Crippen LogP contribution in [0.4, 0.5) is 0 Å². The highest BCUT2D eigenvalue weighted by Crippen LogP contribution is 2.31. The van der Waals surface area contributed by atoms with E-state index in [1.807, 2.05) is 55.5 Å². The van der Waals surface area contributed by atoms with Crippen LogP contribution in [0.1, 0.15) is 29.3 Å². The number of rotatable bonds is 7. The smallest absolute Gasteiger partial charge is 0.282 e. The van der Waals surface area contributed by atoms with Crippen LogP contribution in [0.5, 0.6) is 0 Å². The van der Waals surface area contributed by atoms with Crippen molar-refractivity contribution in [3.05, 3.63) is 83.9 Å². The fourth-order valence-corrected chi connectivity index (χ4v) is 5.68. The minimum atomic E-state index is -4.57. The van der Waals surface area contributed by atoms with Gasteiger partial charge in [0.25, 0.3) is 16.0 Å². The molecule has 2 heterocycles. The molecule has 38 heavy (non-hydrogen) atoms. The predicted octanol–water partition coefficient (Wildman–Crippen LogP) is 3.77. The number of amidine groups is 1. The number of aromatic nitrogens is 4. The Bertz CT molecular complexity index is 1590. The number of nitrogens with one attached hydrogen (secondary N) is 2. The molecule has 1 aromatic heterocycles. The second-order valence-corrected chi connectivity index (χ2v) is 10.9. The monoisotopic (exact) mass is 549 g/mol. The fourth-order valence-electron chi connectivity index (χ4n) is 4.01. The van der Waals surface area contributed by atoms with Crippen molar-refractivity contribution < 1.29 is 17.8 Å². The predicted molar refractivity (Wildman–Crippen MR) is 143 cm³/mol. The highest BCUT2D eigenvalue weighted by molar-refractivity contribution is 8.14. The molecule has 4 aromatic rings. The number of hydrogen-bond acceptors (Lipinski definition) is 8. The molecule has 1 unspecified atom stereocenters. The third kappa shape index (κ3) is 5.50. The summed E-state index contributed by atoms with van der Waals surface area (Å²) >= 11 is 1.38. The molecule has 1 saturated heterocycles. The number of nitrogens with zero attached hydrogens (tertiary/aromatic N) is 5. The van der Waals surface area contributed by atoms with E-state index in [1.165, 1.54) is 36.0 Å². The van der Waals surface area contributed by atoms with Crippen molar-refractivity contribution in [2.45, 2.75) is 30.2 Å². The summed E-state index contributed by atoms with van der Waals surface area (Å²) in [6.07, 6.45) is 0.780. The molecule has 194 valence electrons. The summed E-state index contributed by atoms with van der Waals surface area (Å²) < 4.78 is 33.0. The maximum atomic E-state index is 12.9. The quantitative estimate of drug-likeness (QED) is 0.290. The van der Waals surface area contributed by atoms with Crippen molar-refractivity contribution >= 4 is 33.0 Å². The van der Waals surface area contributed by atoms with Gasteiger partial charge in [-0.2, -0.15) is 18.6 Å². The largest absolute Gasteiger partial charge is 0.295 e. The van der Waals surface area contributed by atoms with E-state index in [9.17, 15) is 17.8 Å². The van der Waals surface area contributed by atoms with Crippen LogP contribution >= 0.6 is 11.8 Å². The molecule has 0 spiro atoms. The van der Waals surface area contributed by atoms with Gasteiger partial charge in [0, 0.05) is 5.56 Å². The Morgan fingerprint density at radius 2 is 1.76 bits per heavy atom. The van der Waals surface area contributed by atoms with E-state index in [-0.39, 0.29) is 10.9 Å². The number of tetrazole rings is 1. The Hall–Kier alpha value is -3.91. The minimum Gasteiger partial charge on any atom is -0.282 e. The van der Waals surface area contributed by atoms with Gasteiger partial charge in [0.15, 0.2) is 5.17 Å². The molecular weight excluding hydrogens is 526 g/mol. The number of hydrogen-bond donors (Lipinski definition) is 3. The van der Waals surface area contributed by atoms with Gasteiger partial charge >= 0.3 is 0 Å². The number of aliphatic imine (C=N–C) groups is 1. The highest BCUT2D eigenvalue weighted by Gasteiger charge is 2.29. The zero-order valence-electron chi connectivity index (χ0n) is 20.1. The molecule has 0 saturated carbocycles. The first-order valence-electron chi connectivity index (χ1n) is 11.7. The SMILES string of the molecule is CCC1NN(Cc2ccc(-c3ccccc3-c3nn[nH]n3)cc2)C(=NC(=O)c2ccccc2S(=O)(=O)O)S1. The van der Waals surface area contributed by atoms with Crippen molar-refractivity contribution in [3.8, 4) is 22.5 Å². The highest BCUT2D eigenvalue weighted by atomic mass is 32.2. The number of H-pyrrole nitrogens is 1. The zero-order chi connectivity index (χ0) is 26.7. The maximum Gasteiger partial charge on any atom is 0.295 e. The van der Waals surface area contributed by atoms with E-state index >= 15 is 0 Å². The Morgan fingerprint density at radius 1 is 1.05 bits per heavy atom. The molecule has 3 N–H and O–H groups in total. The Morgan fingerprint density at radius 3 is 2.45 bits per heavy atom. The third-order valence-electron chi connectivity index (χ3n) is 5.86. The maximum absolute atomic E-state index is 12.9. The topological polar surface area (TPSA) is 154 Å². The van der Waals surface area contributed by atoms with E-state index in [2.05, 4.69) is 31.0 Å². The molecule has 1 aliphatic heterocycles. The zero-order valence-corrected chi connectivity index (χ0v) is 21.8. The van der Waals surface area contributed by atoms with Crippen LogP contribution in [0.15, 0.2) is 82.7 Å². The first-order chi connectivity index (χ1) is 18.3. The van der Waals surface area contributed by atoms with Crippen molar-refractivity contribution in [2.24, 2.45) is 4.99 Å². The number of amides is 1. The minimum absolute atomic E-state index is 0.000483. The Balaban J connectivity index is 1.39. The molecule has 1 atom stereocenters. The van der Waals surface area contributed by atoms with Crippen LogP contribution in [0.3, 0.4) is 0 Å². The normalized spacial score (nSPS) is 16.7. The van der Waals surface area contributed by atoms with Crippen LogP contribution < -0.4 is 5.43 Å². The van der Waals surface area contributed by atoms with Gasteiger partial charge in [-0.25, -0.2) is 5.43 Å². The summed E-state index contributed by atoms with van der Waals surface area (Å²) in [6, 6.07) is 21.2. The Labute approximate surface area is 223 Å². The fraction of sp³-hybridized carbons (Fsp3) is 0.160. The van der Waals surface area contributed by atoms with Gasteiger partial charge in [0.05, 0.1) is 17.5 Å². The Kier molecular flexibility index (Phi) is 7.33. The summed E-state index contributed by atoms with van der Waals surface area (Å²) in [5.41, 5.74) is 6.92. The van der Waals surface area contributed by atoms with Gasteiger partial charge in [-0.3, -0.25) is 14.4 Å². The van der Waals surface area contributed by atoms with E-state index in [0.717, 1.165) is 28.7 Å². The molecule has 1 amide bonds. The average molecular weight is 550 g/mol. The van der Waals surface area contributed by atoms with Gasteiger partial charge in [-0.1, -0.05) is 79.3 Å². The van der Waals surface area contributed by atoms with Gasteiger partial charge < -0.3 is 0 Å². The van der Waals surface area contributed by atoms with Gasteiger partial charge in [0.2, 0.25) is 5.82 Å². The summed E-state index contributed by atoms with van der Waals surface area (Å²) in [4.78, 5) is 16.7. The number of thioether (sulfide) groups is 1. The number of carbonyl (C=O) groups is 1. The third-order valence-corrected chi connectivity index (χ3v) is 8.02. The molecule has 13 heteroatoms. The van der Waals surface area contributed by atoms with Gasteiger partial charge in [-0.15, -0.1) is 10.2 Å². The standard InChI is InChI=1S/C25H23N7O4S2/c1-2-22-29-32(25(37-22)26-24(33)20-9-5-6-10-21(20)38(34,35)36)15-16-11-13-17(14-12-16)18-7-3-4-8-19(18)23-27-30-31-28-23/h3-14,22,29H,2,15H2,1H3,(H,34,35,36)(H,27,28,30,31). The molecular formula is C25H23N7O4S2. The van der Waals surface area contributed by atoms with E-state index < -0.39 is 20.9 Å². The van der Waals surface area contributed by atoms with Crippen LogP contribution in [-0.2, 0) is 16.7 Å². The van der Waals surface area contributed by atoms with Crippen molar-refractivity contribution in [1.29, 1.82) is 0 Å². The van der Waals surface area contributed by atoms with E-state index in [0.29, 0.717) is 17.5 Å². The first kappa shape index (κ1) is 25.7. The lowest BCUT2D eigenvalue weighted by Gasteiger charge is -2.19. The van der Waals surface area contributed by atoms with Gasteiger partial charge in [0.1, 0.15) is 4.90 Å². The average Bonchev–Trinajstić information content (AvgIpc) is 3.59. The lowest BCUT2D eigenvalue weighted by molar-refractivity contribution is 0.0997. The summed E-state index contributed by atoms with van der Waals surface area (Å²) in [5.74, 6) is -0.243. The van der Waals surface area contributed by atoms with Gasteiger partial charge in [-0.05, 0) is 40.5 Å². The first-order valence-corrected chi connectivity index (χ1v) is 14.0. The lowest BCUT2D eigenvalue weighted by Crippen LogP contribution is -2.37. The molecule has 11 nitrogen and oxygen atoms in total.